The number of thioether (sulfide) groups is 1. The molecule has 5 rings (SSSR count). The largest absolute Gasteiger partial charge is 0.337 e. The fraction of sp³-hybridized carbons (Fsp3) is 0.619. The average Bonchev–Trinajstić information content (AvgIpc) is 3.26. The van der Waals surface area contributed by atoms with E-state index in [1.54, 1.807) is 11.3 Å². The van der Waals surface area contributed by atoms with Gasteiger partial charge in [0, 0.05) is 17.0 Å². The van der Waals surface area contributed by atoms with Gasteiger partial charge in [-0.15, -0.1) is 21.5 Å². The molecule has 4 heterocycles. The lowest BCUT2D eigenvalue weighted by atomic mass is 9.89. The molecule has 0 N–H and O–H groups in total. The van der Waals surface area contributed by atoms with Crippen LogP contribution in [0, 0.1) is 5.92 Å². The van der Waals surface area contributed by atoms with E-state index in [4.69, 9.17) is 4.98 Å². The van der Waals surface area contributed by atoms with E-state index in [-0.39, 0.29) is 5.91 Å². The second-order valence-electron chi connectivity index (χ2n) is 8.67. The lowest BCUT2D eigenvalue weighted by Crippen LogP contribution is -2.48. The van der Waals surface area contributed by atoms with Crippen LogP contribution in [-0.4, -0.2) is 48.2 Å². The Kier molecular flexibility index (Phi) is 5.02. The third-order valence-electron chi connectivity index (χ3n) is 6.48. The van der Waals surface area contributed by atoms with Gasteiger partial charge >= 0.3 is 0 Å². The van der Waals surface area contributed by atoms with Crippen molar-refractivity contribution in [1.82, 2.24) is 24.5 Å². The molecule has 1 amide bonds. The quantitative estimate of drug-likeness (QED) is 0.579. The Morgan fingerprint density at radius 3 is 2.79 bits per heavy atom. The van der Waals surface area contributed by atoms with Gasteiger partial charge in [-0.3, -0.25) is 9.20 Å². The van der Waals surface area contributed by atoms with Crippen molar-refractivity contribution >= 4 is 44.9 Å². The van der Waals surface area contributed by atoms with Gasteiger partial charge in [0.15, 0.2) is 10.8 Å². The first kappa shape index (κ1) is 19.3. The molecule has 29 heavy (non-hydrogen) atoms. The van der Waals surface area contributed by atoms with E-state index in [0.29, 0.717) is 17.8 Å². The van der Waals surface area contributed by atoms with Gasteiger partial charge in [-0.05, 0) is 63.9 Å². The molecule has 1 aliphatic heterocycles. The van der Waals surface area contributed by atoms with Crippen molar-refractivity contribution in [2.45, 2.75) is 76.5 Å². The fourth-order valence-electron chi connectivity index (χ4n) is 4.93. The third kappa shape index (κ3) is 3.34. The highest BCUT2D eigenvalue weighted by Crippen LogP contribution is 2.39. The van der Waals surface area contributed by atoms with E-state index in [0.717, 1.165) is 47.2 Å². The third-order valence-corrected chi connectivity index (χ3v) is 8.57. The number of aromatic nitrogens is 4. The summed E-state index contributed by atoms with van der Waals surface area (Å²) in [5.41, 5.74) is 2.30. The molecule has 0 spiro atoms. The number of likely N-dealkylation sites (tertiary alicyclic amines) is 1. The number of fused-ring (bicyclic) bond motifs is 5. The van der Waals surface area contributed by atoms with Crippen LogP contribution in [0.3, 0.4) is 0 Å². The maximum absolute atomic E-state index is 12.9. The summed E-state index contributed by atoms with van der Waals surface area (Å²) in [6.07, 6.45) is 8.67. The minimum atomic E-state index is 0.197. The Morgan fingerprint density at radius 1 is 1.21 bits per heavy atom. The van der Waals surface area contributed by atoms with Crippen molar-refractivity contribution in [3.63, 3.8) is 0 Å². The molecule has 0 radical (unpaired) electrons. The van der Waals surface area contributed by atoms with E-state index in [2.05, 4.69) is 35.9 Å². The number of hydrogen-bond donors (Lipinski definition) is 0. The summed E-state index contributed by atoms with van der Waals surface area (Å²) in [6, 6.07) is 0.644. The molecule has 6 nitrogen and oxygen atoms in total. The van der Waals surface area contributed by atoms with Crippen molar-refractivity contribution < 1.29 is 4.79 Å². The van der Waals surface area contributed by atoms with E-state index in [1.807, 2.05) is 10.7 Å². The van der Waals surface area contributed by atoms with Crippen molar-refractivity contribution in [3.05, 3.63) is 16.8 Å². The number of carbonyl (C=O) groups is 1. The number of thiophene rings is 1. The molecule has 2 aliphatic rings. The number of piperidine rings is 1. The standard InChI is InChI=1S/C21H27N5OS2/c1-12-7-8-15-16(9-12)29-20-18(15)19-23-24-21(25(19)11-22-20)28-10-17(27)26-13(2)5-4-6-14(26)3/h11-14H,4-10H2,1-3H3/t12-,13-,14-/m0/s1. The van der Waals surface area contributed by atoms with Crippen molar-refractivity contribution in [3.8, 4) is 0 Å². The predicted octanol–water partition coefficient (Wildman–Crippen LogP) is 4.35. The van der Waals surface area contributed by atoms with Gasteiger partial charge in [0.2, 0.25) is 5.91 Å². The lowest BCUT2D eigenvalue weighted by molar-refractivity contribution is -0.134. The molecule has 0 unspecified atom stereocenters. The first-order chi connectivity index (χ1) is 14.0. The zero-order valence-electron chi connectivity index (χ0n) is 17.2. The van der Waals surface area contributed by atoms with E-state index < -0.39 is 0 Å². The van der Waals surface area contributed by atoms with Crippen LogP contribution < -0.4 is 0 Å². The van der Waals surface area contributed by atoms with Crippen molar-refractivity contribution in [1.29, 1.82) is 0 Å². The lowest BCUT2D eigenvalue weighted by Gasteiger charge is -2.39. The Bertz CT molecular complexity index is 1060. The number of nitrogens with zero attached hydrogens (tertiary/aromatic N) is 5. The summed E-state index contributed by atoms with van der Waals surface area (Å²) in [5, 5.41) is 10.8. The van der Waals surface area contributed by atoms with Gasteiger partial charge < -0.3 is 4.90 Å². The number of rotatable bonds is 3. The monoisotopic (exact) mass is 429 g/mol. The number of aryl methyl sites for hydroxylation is 1. The minimum absolute atomic E-state index is 0.197. The molecule has 0 bridgehead atoms. The molecule has 1 fully saturated rings. The molecule has 3 aromatic heterocycles. The summed E-state index contributed by atoms with van der Waals surface area (Å²) >= 11 is 3.28. The van der Waals surface area contributed by atoms with Gasteiger partial charge in [-0.2, -0.15) is 0 Å². The highest BCUT2D eigenvalue weighted by Gasteiger charge is 2.29. The number of carbonyl (C=O) groups excluding carboxylic acids is 1. The van der Waals surface area contributed by atoms with Crippen LogP contribution in [0.4, 0.5) is 0 Å². The summed E-state index contributed by atoms with van der Waals surface area (Å²) in [5.74, 6) is 1.33. The smallest absolute Gasteiger partial charge is 0.233 e. The van der Waals surface area contributed by atoms with Crippen LogP contribution >= 0.6 is 23.1 Å². The topological polar surface area (TPSA) is 63.4 Å². The van der Waals surface area contributed by atoms with Crippen LogP contribution in [0.5, 0.6) is 0 Å². The van der Waals surface area contributed by atoms with Crippen molar-refractivity contribution in [2.24, 2.45) is 5.92 Å². The minimum Gasteiger partial charge on any atom is -0.337 e. The average molecular weight is 430 g/mol. The SMILES string of the molecule is C[C@H]1CCc2c(sc3ncn4c(SCC(=O)N5[C@@H](C)CCC[C@@H]5C)nnc4c23)C1. The molecule has 8 heteroatoms. The second-order valence-corrected chi connectivity index (χ2v) is 10.7. The Labute approximate surface area is 179 Å². The Hall–Kier alpha value is -1.67. The van der Waals surface area contributed by atoms with Crippen LogP contribution in [0.15, 0.2) is 11.5 Å². The Balaban J connectivity index is 1.41. The summed E-state index contributed by atoms with van der Waals surface area (Å²) in [6.45, 7) is 6.64. The fourth-order valence-corrected chi connectivity index (χ4v) is 7.05. The molecule has 1 saturated heterocycles. The zero-order chi connectivity index (χ0) is 20.1. The number of hydrogen-bond acceptors (Lipinski definition) is 6. The molecular weight excluding hydrogens is 402 g/mol. The molecule has 1 aliphatic carbocycles. The molecule has 0 aromatic carbocycles. The normalized spacial score (nSPS) is 24.9. The summed E-state index contributed by atoms with van der Waals surface area (Å²) in [7, 11) is 0. The van der Waals surface area contributed by atoms with Gasteiger partial charge in [-0.25, -0.2) is 4.98 Å². The van der Waals surface area contributed by atoms with E-state index in [9.17, 15) is 4.79 Å². The molecule has 154 valence electrons. The summed E-state index contributed by atoms with van der Waals surface area (Å²) in [4.78, 5) is 22.2. The van der Waals surface area contributed by atoms with Crippen LogP contribution in [0.2, 0.25) is 0 Å². The highest BCUT2D eigenvalue weighted by molar-refractivity contribution is 7.99. The van der Waals surface area contributed by atoms with Crippen LogP contribution in [0.1, 0.15) is 56.9 Å². The van der Waals surface area contributed by atoms with Gasteiger partial charge in [0.25, 0.3) is 0 Å². The first-order valence-electron chi connectivity index (χ1n) is 10.6. The van der Waals surface area contributed by atoms with Gasteiger partial charge in [0.1, 0.15) is 11.2 Å². The predicted molar refractivity (Wildman–Crippen MR) is 118 cm³/mol. The zero-order valence-corrected chi connectivity index (χ0v) is 18.9. The maximum Gasteiger partial charge on any atom is 0.233 e. The van der Waals surface area contributed by atoms with Crippen LogP contribution in [-0.2, 0) is 17.6 Å². The van der Waals surface area contributed by atoms with Crippen molar-refractivity contribution in [2.75, 3.05) is 5.75 Å². The Morgan fingerprint density at radius 2 is 2.00 bits per heavy atom. The van der Waals surface area contributed by atoms with Gasteiger partial charge in [-0.1, -0.05) is 18.7 Å². The molecule has 3 atom stereocenters. The highest BCUT2D eigenvalue weighted by atomic mass is 32.2. The second kappa shape index (κ2) is 7.54. The maximum atomic E-state index is 12.9. The number of amides is 1. The molecular formula is C21H27N5OS2. The van der Waals surface area contributed by atoms with Gasteiger partial charge in [0.05, 0.1) is 11.1 Å². The van der Waals surface area contributed by atoms with E-state index >= 15 is 0 Å². The summed E-state index contributed by atoms with van der Waals surface area (Å²) < 4.78 is 1.97. The van der Waals surface area contributed by atoms with E-state index in [1.165, 1.54) is 40.4 Å². The molecule has 3 aromatic rings. The first-order valence-corrected chi connectivity index (χ1v) is 12.4. The molecule has 0 saturated carbocycles. The van der Waals surface area contributed by atoms with Crippen LogP contribution in [0.25, 0.3) is 15.9 Å².